The normalized spacial score (nSPS) is 11.6. The molecule has 4 N–H and O–H groups in total. The lowest BCUT2D eigenvalue weighted by Gasteiger charge is -2.13. The molecule has 0 unspecified atom stereocenters. The van der Waals surface area contributed by atoms with Gasteiger partial charge in [-0.2, -0.15) is 0 Å². The lowest BCUT2D eigenvalue weighted by molar-refractivity contribution is -0.116. The Hall–Kier alpha value is -2.22. The number of sulfonamides is 1. The summed E-state index contributed by atoms with van der Waals surface area (Å²) in [6.07, 6.45) is 1.12. The topological polar surface area (TPSA) is 101 Å². The van der Waals surface area contributed by atoms with Gasteiger partial charge in [-0.25, -0.2) is 13.6 Å². The van der Waals surface area contributed by atoms with Crippen molar-refractivity contribution in [2.75, 3.05) is 18.4 Å². The van der Waals surface area contributed by atoms with Crippen LogP contribution in [0.5, 0.6) is 0 Å². The molecule has 0 bridgehead atoms. The third-order valence-corrected chi connectivity index (χ3v) is 5.16. The van der Waals surface area contributed by atoms with Crippen LogP contribution in [0.3, 0.4) is 0 Å². The van der Waals surface area contributed by atoms with Gasteiger partial charge in [0.05, 0.1) is 4.90 Å². The standard InChI is InChI=1S/C20H27N3O3S/c1-15(2)18-5-3-4-6-19(18)23-20(24)12-14-22-13-11-16-7-9-17(10-8-16)27(21,25)26/h3-10,15,22H,11-14H2,1-2H3,(H,23,24)(H2,21,25,26). The summed E-state index contributed by atoms with van der Waals surface area (Å²) in [5.41, 5.74) is 3.00. The Morgan fingerprint density at radius 3 is 2.33 bits per heavy atom. The molecule has 0 heterocycles. The molecule has 0 saturated heterocycles. The SMILES string of the molecule is CC(C)c1ccccc1NC(=O)CCNCCc1ccc(S(N)(=O)=O)cc1. The fraction of sp³-hybridized carbons (Fsp3) is 0.350. The van der Waals surface area contributed by atoms with E-state index < -0.39 is 10.0 Å². The van der Waals surface area contributed by atoms with Crippen LogP contribution in [0.1, 0.15) is 37.3 Å². The number of hydrogen-bond donors (Lipinski definition) is 3. The first kappa shape index (κ1) is 21.1. The molecule has 0 aliphatic rings. The number of carbonyl (C=O) groups excluding carboxylic acids is 1. The largest absolute Gasteiger partial charge is 0.326 e. The van der Waals surface area contributed by atoms with E-state index in [2.05, 4.69) is 24.5 Å². The molecule has 0 spiro atoms. The fourth-order valence-corrected chi connectivity index (χ4v) is 3.25. The highest BCUT2D eigenvalue weighted by Gasteiger charge is 2.09. The Morgan fingerprint density at radius 2 is 1.70 bits per heavy atom. The lowest BCUT2D eigenvalue weighted by Crippen LogP contribution is -2.24. The molecule has 0 aliphatic heterocycles. The van der Waals surface area contributed by atoms with Crippen molar-refractivity contribution in [1.82, 2.24) is 5.32 Å². The summed E-state index contributed by atoms with van der Waals surface area (Å²) in [5.74, 6) is 0.327. The minimum absolute atomic E-state index is 0.0203. The van der Waals surface area contributed by atoms with Gasteiger partial charge in [-0.15, -0.1) is 0 Å². The average Bonchev–Trinajstić information content (AvgIpc) is 2.61. The molecule has 1 amide bonds. The van der Waals surface area contributed by atoms with Crippen molar-refractivity contribution < 1.29 is 13.2 Å². The Kier molecular flexibility index (Phi) is 7.53. The third kappa shape index (κ3) is 6.78. The number of rotatable bonds is 9. The van der Waals surface area contributed by atoms with Crippen molar-refractivity contribution in [1.29, 1.82) is 0 Å². The first-order valence-electron chi connectivity index (χ1n) is 8.98. The fourth-order valence-electron chi connectivity index (χ4n) is 2.73. The molecule has 0 fully saturated rings. The van der Waals surface area contributed by atoms with Crippen molar-refractivity contribution in [3.63, 3.8) is 0 Å². The monoisotopic (exact) mass is 389 g/mol. The number of para-hydroxylation sites is 1. The van der Waals surface area contributed by atoms with E-state index in [1.807, 2.05) is 24.3 Å². The Labute approximate surface area is 161 Å². The minimum Gasteiger partial charge on any atom is -0.326 e. The zero-order valence-electron chi connectivity index (χ0n) is 15.7. The van der Waals surface area contributed by atoms with E-state index in [1.54, 1.807) is 12.1 Å². The molecule has 6 nitrogen and oxygen atoms in total. The van der Waals surface area contributed by atoms with Gasteiger partial charge in [0.15, 0.2) is 0 Å². The first-order valence-corrected chi connectivity index (χ1v) is 10.5. The Bertz CT molecular complexity index is 862. The van der Waals surface area contributed by atoms with Crippen LogP contribution < -0.4 is 15.8 Å². The van der Waals surface area contributed by atoms with Gasteiger partial charge in [0, 0.05) is 18.7 Å². The molecule has 0 aromatic heterocycles. The zero-order valence-corrected chi connectivity index (χ0v) is 16.6. The summed E-state index contributed by atoms with van der Waals surface area (Å²) in [7, 11) is -3.65. The predicted octanol–water partition coefficient (Wildman–Crippen LogP) is 2.62. The Morgan fingerprint density at radius 1 is 1.04 bits per heavy atom. The summed E-state index contributed by atoms with van der Waals surface area (Å²) in [4.78, 5) is 12.2. The van der Waals surface area contributed by atoms with E-state index in [0.717, 1.165) is 23.2 Å². The van der Waals surface area contributed by atoms with Gasteiger partial charge >= 0.3 is 0 Å². The number of carbonyl (C=O) groups is 1. The van der Waals surface area contributed by atoms with Crippen molar-refractivity contribution in [3.05, 3.63) is 59.7 Å². The zero-order chi connectivity index (χ0) is 19.9. The highest BCUT2D eigenvalue weighted by atomic mass is 32.2. The second-order valence-corrected chi connectivity index (χ2v) is 8.29. The molecule has 0 atom stereocenters. The van der Waals surface area contributed by atoms with Crippen molar-refractivity contribution in [2.45, 2.75) is 37.5 Å². The van der Waals surface area contributed by atoms with Gasteiger partial charge in [-0.3, -0.25) is 4.79 Å². The summed E-state index contributed by atoms with van der Waals surface area (Å²) >= 11 is 0. The number of benzene rings is 2. The molecule has 0 saturated carbocycles. The van der Waals surface area contributed by atoms with E-state index in [9.17, 15) is 13.2 Å². The maximum atomic E-state index is 12.1. The van der Waals surface area contributed by atoms with Crippen LogP contribution in [-0.2, 0) is 21.2 Å². The predicted molar refractivity (Wildman–Crippen MR) is 108 cm³/mol. The number of anilines is 1. The van der Waals surface area contributed by atoms with Crippen LogP contribution in [0, 0.1) is 0 Å². The van der Waals surface area contributed by atoms with Crippen molar-refractivity contribution in [2.24, 2.45) is 5.14 Å². The summed E-state index contributed by atoms with van der Waals surface area (Å²) < 4.78 is 22.4. The van der Waals surface area contributed by atoms with E-state index in [-0.39, 0.29) is 10.8 Å². The molecule has 7 heteroatoms. The number of primary sulfonamides is 1. The van der Waals surface area contributed by atoms with E-state index in [4.69, 9.17) is 5.14 Å². The molecule has 0 radical (unpaired) electrons. The second-order valence-electron chi connectivity index (χ2n) is 6.73. The van der Waals surface area contributed by atoms with Crippen molar-refractivity contribution in [3.8, 4) is 0 Å². The summed E-state index contributed by atoms with van der Waals surface area (Å²) in [6, 6.07) is 14.3. The van der Waals surface area contributed by atoms with Gasteiger partial charge < -0.3 is 10.6 Å². The van der Waals surface area contributed by atoms with E-state index in [0.29, 0.717) is 25.4 Å². The first-order chi connectivity index (χ1) is 12.8. The van der Waals surface area contributed by atoms with Gasteiger partial charge in [0.2, 0.25) is 15.9 Å². The number of nitrogens with two attached hydrogens (primary N) is 1. The minimum atomic E-state index is -3.65. The van der Waals surface area contributed by atoms with Crippen molar-refractivity contribution >= 4 is 21.6 Å². The quantitative estimate of drug-likeness (QED) is 0.574. The van der Waals surface area contributed by atoms with E-state index >= 15 is 0 Å². The van der Waals surface area contributed by atoms with Gasteiger partial charge in [-0.05, 0) is 48.2 Å². The molecule has 2 rings (SSSR count). The lowest BCUT2D eigenvalue weighted by atomic mass is 10.0. The highest BCUT2D eigenvalue weighted by molar-refractivity contribution is 7.89. The van der Waals surface area contributed by atoms with Crippen LogP contribution in [0.2, 0.25) is 0 Å². The number of amides is 1. The summed E-state index contributed by atoms with van der Waals surface area (Å²) in [5, 5.41) is 11.3. The van der Waals surface area contributed by atoms with Crippen LogP contribution in [0.4, 0.5) is 5.69 Å². The molecule has 0 aliphatic carbocycles. The number of hydrogen-bond acceptors (Lipinski definition) is 4. The smallest absolute Gasteiger partial charge is 0.238 e. The van der Waals surface area contributed by atoms with Gasteiger partial charge in [0.1, 0.15) is 0 Å². The molecule has 146 valence electrons. The van der Waals surface area contributed by atoms with Crippen LogP contribution in [0.15, 0.2) is 53.4 Å². The molecule has 2 aromatic rings. The van der Waals surface area contributed by atoms with Gasteiger partial charge in [0.25, 0.3) is 0 Å². The molecular formula is C20H27N3O3S. The van der Waals surface area contributed by atoms with Crippen LogP contribution in [0.25, 0.3) is 0 Å². The van der Waals surface area contributed by atoms with Crippen LogP contribution in [-0.4, -0.2) is 27.4 Å². The average molecular weight is 390 g/mol. The highest BCUT2D eigenvalue weighted by Crippen LogP contribution is 2.23. The maximum absolute atomic E-state index is 12.1. The molecular weight excluding hydrogens is 362 g/mol. The molecule has 27 heavy (non-hydrogen) atoms. The molecule has 2 aromatic carbocycles. The van der Waals surface area contributed by atoms with Crippen LogP contribution >= 0.6 is 0 Å². The van der Waals surface area contributed by atoms with Gasteiger partial charge in [-0.1, -0.05) is 44.2 Å². The second kappa shape index (κ2) is 9.64. The van der Waals surface area contributed by atoms with E-state index in [1.165, 1.54) is 12.1 Å². The number of nitrogens with one attached hydrogen (secondary N) is 2. The maximum Gasteiger partial charge on any atom is 0.238 e. The summed E-state index contributed by atoms with van der Waals surface area (Å²) in [6.45, 7) is 5.47. The third-order valence-electron chi connectivity index (χ3n) is 4.23. The Balaban J connectivity index is 1.72.